The second-order valence-corrected chi connectivity index (χ2v) is 25.7. The van der Waals surface area contributed by atoms with Gasteiger partial charge in [0.15, 0.2) is 5.58 Å². The molecule has 4 nitrogen and oxygen atoms in total. The summed E-state index contributed by atoms with van der Waals surface area (Å²) < 4.78 is 12.0. The first kappa shape index (κ1) is 44.9. The number of aromatic nitrogens is 1. The number of nitrogens with zero attached hydrogens (tertiary/aromatic N) is 3. The fourth-order valence-corrected chi connectivity index (χ4v) is 13.1. The maximum atomic E-state index is 6.87. The van der Waals surface area contributed by atoms with Gasteiger partial charge in [0.05, 0.1) is 15.9 Å². The second-order valence-electron chi connectivity index (χ2n) is 24.7. The third-order valence-corrected chi connectivity index (χ3v) is 17.0. The molecule has 0 N–H and O–H groups in total. The van der Waals surface area contributed by atoms with Gasteiger partial charge in [-0.05, 0) is 139 Å². The lowest BCUT2D eigenvalue weighted by Gasteiger charge is -2.42. The van der Waals surface area contributed by atoms with Gasteiger partial charge in [-0.1, -0.05) is 162 Å². The average Bonchev–Trinajstić information content (AvgIpc) is 4.02. The molecule has 3 aromatic heterocycles. The minimum atomic E-state index is -0.155. The molecule has 0 spiro atoms. The predicted octanol–water partition coefficient (Wildman–Crippen LogP) is 17.2. The fraction of sp³-hybridized carbons (Fsp3) is 0.242. The van der Waals surface area contributed by atoms with E-state index in [0.717, 1.165) is 44.5 Å². The zero-order valence-corrected chi connectivity index (χ0v) is 44.6. The molecule has 72 heavy (non-hydrogen) atoms. The number of fused-ring (bicyclic) bond motifs is 12. The lowest BCUT2D eigenvalue weighted by molar-refractivity contribution is 0.590. The maximum absolute atomic E-state index is 6.87. The predicted molar refractivity (Wildman–Crippen MR) is 312 cm³/mol. The Kier molecular flexibility index (Phi) is 9.51. The highest BCUT2D eigenvalue weighted by Gasteiger charge is 2.44. The van der Waals surface area contributed by atoms with Crippen molar-refractivity contribution in [3.63, 3.8) is 0 Å². The third-order valence-electron chi connectivity index (χ3n) is 15.8. The summed E-state index contributed by atoms with van der Waals surface area (Å²) in [5.41, 5.74) is 21.6. The number of para-hydroxylation sites is 2. The van der Waals surface area contributed by atoms with Gasteiger partial charge in [-0.3, -0.25) is 0 Å². The van der Waals surface area contributed by atoms with Crippen LogP contribution in [-0.4, -0.2) is 11.3 Å². The summed E-state index contributed by atoms with van der Waals surface area (Å²) in [7, 11) is 0. The molecule has 0 bridgehead atoms. The molecule has 5 heterocycles. The molecule has 0 unspecified atom stereocenters. The Bertz CT molecular complexity index is 3970. The Morgan fingerprint density at radius 2 is 1.01 bits per heavy atom. The first-order valence-electron chi connectivity index (χ1n) is 25.8. The summed E-state index contributed by atoms with van der Waals surface area (Å²) in [4.78, 5) is 5.11. The van der Waals surface area contributed by atoms with E-state index in [1.165, 1.54) is 87.1 Å². The number of benzene rings is 8. The molecule has 13 rings (SSSR count). The van der Waals surface area contributed by atoms with E-state index >= 15 is 0 Å². The minimum Gasteiger partial charge on any atom is -0.454 e. The van der Waals surface area contributed by atoms with E-state index in [4.69, 9.17) is 4.42 Å². The van der Waals surface area contributed by atoms with Crippen LogP contribution in [0.2, 0.25) is 0 Å². The van der Waals surface area contributed by atoms with Gasteiger partial charge in [-0.15, -0.1) is 11.3 Å². The van der Waals surface area contributed by atoms with Crippen molar-refractivity contribution in [2.24, 2.45) is 0 Å². The van der Waals surface area contributed by atoms with Crippen molar-refractivity contribution < 1.29 is 4.42 Å². The third kappa shape index (κ3) is 6.70. The molecule has 2 aliphatic rings. The van der Waals surface area contributed by atoms with Gasteiger partial charge in [0.25, 0.3) is 6.71 Å². The van der Waals surface area contributed by atoms with E-state index in [-0.39, 0.29) is 28.4 Å². The van der Waals surface area contributed by atoms with Crippen LogP contribution in [0.1, 0.15) is 105 Å². The molecule has 0 radical (unpaired) electrons. The molecular weight excluding hydrogens is 894 g/mol. The quantitative estimate of drug-likeness (QED) is 0.164. The number of furan rings is 1. The van der Waals surface area contributed by atoms with Crippen LogP contribution in [0.4, 0.5) is 34.1 Å². The number of anilines is 6. The zero-order chi connectivity index (χ0) is 50.0. The van der Waals surface area contributed by atoms with E-state index in [0.29, 0.717) is 0 Å². The van der Waals surface area contributed by atoms with E-state index in [1.54, 1.807) is 0 Å². The molecule has 0 saturated carbocycles. The molecule has 0 atom stereocenters. The number of hydrogen-bond acceptors (Lipinski definition) is 4. The van der Waals surface area contributed by atoms with E-state index in [9.17, 15) is 0 Å². The van der Waals surface area contributed by atoms with Crippen LogP contribution in [0.5, 0.6) is 0 Å². The Labute approximate surface area is 428 Å². The molecule has 356 valence electrons. The number of rotatable bonds is 4. The largest absolute Gasteiger partial charge is 0.454 e. The van der Waals surface area contributed by atoms with Gasteiger partial charge in [-0.2, -0.15) is 0 Å². The van der Waals surface area contributed by atoms with Crippen LogP contribution in [0.25, 0.3) is 58.8 Å². The summed E-state index contributed by atoms with van der Waals surface area (Å²) in [6.45, 7) is 27.7. The van der Waals surface area contributed by atoms with Crippen LogP contribution in [0.3, 0.4) is 0 Å². The zero-order valence-electron chi connectivity index (χ0n) is 43.7. The van der Waals surface area contributed by atoms with Gasteiger partial charge >= 0.3 is 0 Å². The van der Waals surface area contributed by atoms with E-state index in [2.05, 4.69) is 255 Å². The van der Waals surface area contributed by atoms with Crippen molar-refractivity contribution in [2.45, 2.75) is 105 Å². The summed E-state index contributed by atoms with van der Waals surface area (Å²) >= 11 is 1.93. The number of thiophene rings is 1. The highest BCUT2D eigenvalue weighted by atomic mass is 32.1. The van der Waals surface area contributed by atoms with Gasteiger partial charge < -0.3 is 18.8 Å². The minimum absolute atomic E-state index is 0.0302. The summed E-state index contributed by atoms with van der Waals surface area (Å²) in [6, 6.07) is 60.4. The maximum Gasteiger partial charge on any atom is 0.252 e. The molecule has 0 aliphatic carbocycles. The topological polar surface area (TPSA) is 24.6 Å². The van der Waals surface area contributed by atoms with Gasteiger partial charge in [0.2, 0.25) is 0 Å². The number of hydrogen-bond donors (Lipinski definition) is 0. The van der Waals surface area contributed by atoms with Crippen molar-refractivity contribution in [2.75, 3.05) is 9.80 Å². The lowest BCUT2D eigenvalue weighted by atomic mass is 9.33. The van der Waals surface area contributed by atoms with Crippen molar-refractivity contribution >= 4 is 122 Å². The van der Waals surface area contributed by atoms with Crippen LogP contribution in [-0.2, 0) is 21.7 Å². The highest BCUT2D eigenvalue weighted by molar-refractivity contribution is 7.26. The SMILES string of the molecule is CC(C)(C)c1ccc(N(c2ccc(C(C)(C)C)cc2)c2ccc3c(c2)N(c2cccc4c2sc2cc(C(C)(C)C)ccc24)c2cc(C(C)(C)C)cc4c2B3c2cccc3c5oc6ccccc6c5n-4c23)cc1. The Hall–Kier alpha value is -7.02. The summed E-state index contributed by atoms with van der Waals surface area (Å²) in [6.07, 6.45) is 0. The monoisotopic (exact) mass is 955 g/mol. The van der Waals surface area contributed by atoms with Gasteiger partial charge in [0.1, 0.15) is 11.1 Å². The normalized spacial score (nSPS) is 13.8. The van der Waals surface area contributed by atoms with Crippen molar-refractivity contribution in [3.8, 4) is 5.69 Å². The summed E-state index contributed by atoms with van der Waals surface area (Å²) in [5, 5.41) is 4.88. The molecule has 0 fully saturated rings. The lowest BCUT2D eigenvalue weighted by Crippen LogP contribution is -2.60. The Morgan fingerprint density at radius 3 is 1.68 bits per heavy atom. The molecule has 2 aliphatic heterocycles. The molecule has 0 amide bonds. The Balaban J connectivity index is 1.14. The van der Waals surface area contributed by atoms with Crippen molar-refractivity contribution in [1.29, 1.82) is 0 Å². The fourth-order valence-electron chi connectivity index (χ4n) is 11.8. The van der Waals surface area contributed by atoms with Crippen LogP contribution >= 0.6 is 11.3 Å². The van der Waals surface area contributed by atoms with Crippen molar-refractivity contribution in [3.05, 3.63) is 180 Å². The van der Waals surface area contributed by atoms with Crippen LogP contribution in [0.15, 0.2) is 162 Å². The molecule has 11 aromatic rings. The van der Waals surface area contributed by atoms with Crippen LogP contribution < -0.4 is 26.2 Å². The molecule has 0 saturated heterocycles. The molecular formula is C66H62BN3OS. The molecule has 8 aromatic carbocycles. The van der Waals surface area contributed by atoms with E-state index in [1.807, 2.05) is 11.3 Å². The first-order valence-corrected chi connectivity index (χ1v) is 26.6. The smallest absolute Gasteiger partial charge is 0.252 e. The van der Waals surface area contributed by atoms with Gasteiger partial charge in [-0.25, -0.2) is 0 Å². The van der Waals surface area contributed by atoms with E-state index < -0.39 is 0 Å². The van der Waals surface area contributed by atoms with Crippen molar-refractivity contribution in [1.82, 2.24) is 4.57 Å². The Morgan fingerprint density at radius 1 is 0.431 bits per heavy atom. The molecule has 6 heteroatoms. The van der Waals surface area contributed by atoms with Gasteiger partial charge in [0, 0.05) is 60.4 Å². The average molecular weight is 956 g/mol. The van der Waals surface area contributed by atoms with Crippen LogP contribution in [0, 0.1) is 0 Å². The second kappa shape index (κ2) is 15.3. The summed E-state index contributed by atoms with van der Waals surface area (Å²) in [5.74, 6) is 0. The standard InChI is InChI=1S/C66H62BN3OS/c1-63(2,3)39-23-28-43(29-24-39)68(44-30-25-40(26-31-44)64(4,5)6)45-32-34-50-53(38-45)69(52-21-16-18-47-46-33-27-41(65(7,8)9)37-57(46)72-62(47)52)54-35-42(66(10,11)12)36-55-58(54)67(50)51-20-15-19-49-59(51)70(55)60-48-17-13-14-22-56(48)71-61(49)60/h13-38H,1-12H3. The first-order chi connectivity index (χ1) is 34.2. The highest BCUT2D eigenvalue weighted by Crippen LogP contribution is 2.50.